The lowest BCUT2D eigenvalue weighted by Crippen LogP contribution is -2.05. The highest BCUT2D eigenvalue weighted by Crippen LogP contribution is 2.33. The van der Waals surface area contributed by atoms with Crippen LogP contribution in [0.1, 0.15) is 16.8 Å². The molecule has 0 atom stereocenters. The first-order valence-corrected chi connectivity index (χ1v) is 8.86. The average Bonchev–Trinajstić information content (AvgIpc) is 3.38. The van der Waals surface area contributed by atoms with Gasteiger partial charge in [-0.25, -0.2) is 9.97 Å². The normalized spacial score (nSPS) is 10.8. The van der Waals surface area contributed by atoms with Gasteiger partial charge < -0.3 is 19.0 Å². The number of aromatic nitrogens is 3. The van der Waals surface area contributed by atoms with Gasteiger partial charge in [-0.05, 0) is 43.7 Å². The molecule has 7 nitrogen and oxygen atoms in total. The molecule has 0 amide bonds. The number of furan rings is 1. The van der Waals surface area contributed by atoms with E-state index in [9.17, 15) is 0 Å². The quantitative estimate of drug-likeness (QED) is 0.525. The van der Waals surface area contributed by atoms with Crippen LogP contribution in [0, 0.1) is 13.8 Å². The van der Waals surface area contributed by atoms with Crippen molar-refractivity contribution in [3.05, 3.63) is 65.7 Å². The lowest BCUT2D eigenvalue weighted by molar-refractivity contribution is 0.414. The number of nitrogens with one attached hydrogen (secondary N) is 1. The Labute approximate surface area is 162 Å². The predicted molar refractivity (Wildman–Crippen MR) is 105 cm³/mol. The van der Waals surface area contributed by atoms with Crippen LogP contribution in [0.3, 0.4) is 0 Å². The summed E-state index contributed by atoms with van der Waals surface area (Å²) < 4.78 is 16.3. The number of anilines is 1. The van der Waals surface area contributed by atoms with Crippen molar-refractivity contribution in [1.82, 2.24) is 15.1 Å². The molecule has 0 bridgehead atoms. The maximum atomic E-state index is 5.58. The van der Waals surface area contributed by atoms with Crippen molar-refractivity contribution in [2.75, 3.05) is 12.4 Å². The molecule has 0 radical (unpaired) electrons. The van der Waals surface area contributed by atoms with E-state index in [4.69, 9.17) is 13.7 Å². The van der Waals surface area contributed by atoms with Gasteiger partial charge in [0.1, 0.15) is 11.4 Å². The highest BCUT2D eigenvalue weighted by Gasteiger charge is 2.20. The zero-order valence-corrected chi connectivity index (χ0v) is 15.9. The molecule has 0 fully saturated rings. The Morgan fingerprint density at radius 1 is 1.11 bits per heavy atom. The van der Waals surface area contributed by atoms with Gasteiger partial charge in [0.05, 0.1) is 24.6 Å². The fraction of sp³-hybridized carbons (Fsp3) is 0.190. The minimum Gasteiger partial charge on any atom is -0.497 e. The highest BCUT2D eigenvalue weighted by molar-refractivity contribution is 5.77. The highest BCUT2D eigenvalue weighted by atomic mass is 16.5. The van der Waals surface area contributed by atoms with Gasteiger partial charge in [-0.2, -0.15) is 0 Å². The lowest BCUT2D eigenvalue weighted by atomic mass is 10.1. The van der Waals surface area contributed by atoms with Gasteiger partial charge in [-0.1, -0.05) is 17.3 Å². The summed E-state index contributed by atoms with van der Waals surface area (Å²) in [5, 5.41) is 7.29. The zero-order valence-electron chi connectivity index (χ0n) is 15.9. The van der Waals surface area contributed by atoms with Crippen LogP contribution in [-0.4, -0.2) is 22.2 Å². The minimum atomic E-state index is 0.500. The molecule has 1 N–H and O–H groups in total. The molecule has 0 spiro atoms. The SMILES string of the molecule is COc1ccc(CNc2ncc(-c3onc(C)c3C)c(-c3ccco3)n2)cc1. The molecule has 4 aromatic rings. The first-order chi connectivity index (χ1) is 13.7. The van der Waals surface area contributed by atoms with Gasteiger partial charge in [-0.3, -0.25) is 0 Å². The van der Waals surface area contributed by atoms with Crippen LogP contribution in [0.2, 0.25) is 0 Å². The molecule has 0 aliphatic heterocycles. The van der Waals surface area contributed by atoms with Crippen molar-refractivity contribution in [2.45, 2.75) is 20.4 Å². The third-order valence-electron chi connectivity index (χ3n) is 4.55. The van der Waals surface area contributed by atoms with Gasteiger partial charge in [0.25, 0.3) is 0 Å². The summed E-state index contributed by atoms with van der Waals surface area (Å²) in [4.78, 5) is 9.11. The maximum absolute atomic E-state index is 5.58. The van der Waals surface area contributed by atoms with Crippen molar-refractivity contribution in [3.8, 4) is 28.5 Å². The Morgan fingerprint density at radius 2 is 1.93 bits per heavy atom. The van der Waals surface area contributed by atoms with E-state index in [-0.39, 0.29) is 0 Å². The van der Waals surface area contributed by atoms with Crippen LogP contribution in [0.25, 0.3) is 22.8 Å². The summed E-state index contributed by atoms with van der Waals surface area (Å²) in [6.45, 7) is 4.45. The van der Waals surface area contributed by atoms with E-state index in [0.717, 1.165) is 28.1 Å². The number of rotatable bonds is 6. The van der Waals surface area contributed by atoms with E-state index in [1.807, 2.05) is 50.2 Å². The van der Waals surface area contributed by atoms with Crippen molar-refractivity contribution in [3.63, 3.8) is 0 Å². The molecule has 4 rings (SSSR count). The minimum absolute atomic E-state index is 0.500. The summed E-state index contributed by atoms with van der Waals surface area (Å²) in [6, 6.07) is 11.5. The van der Waals surface area contributed by atoms with Crippen molar-refractivity contribution in [2.24, 2.45) is 0 Å². The second-order valence-corrected chi connectivity index (χ2v) is 6.36. The Hall–Kier alpha value is -3.61. The van der Waals surface area contributed by atoms with Crippen LogP contribution in [-0.2, 0) is 6.54 Å². The number of nitrogens with zero attached hydrogens (tertiary/aromatic N) is 3. The molecule has 1 aromatic carbocycles. The Kier molecular flexibility index (Phi) is 4.80. The molecular formula is C21H20N4O3. The van der Waals surface area contributed by atoms with E-state index in [1.54, 1.807) is 19.6 Å². The lowest BCUT2D eigenvalue weighted by Gasteiger charge is -2.09. The largest absolute Gasteiger partial charge is 0.497 e. The molecule has 0 aliphatic carbocycles. The van der Waals surface area contributed by atoms with E-state index in [1.165, 1.54) is 0 Å². The summed E-state index contributed by atoms with van der Waals surface area (Å²) >= 11 is 0. The topological polar surface area (TPSA) is 86.2 Å². The first-order valence-electron chi connectivity index (χ1n) is 8.86. The van der Waals surface area contributed by atoms with Crippen LogP contribution in [0.4, 0.5) is 5.95 Å². The van der Waals surface area contributed by atoms with Crippen LogP contribution < -0.4 is 10.1 Å². The van der Waals surface area contributed by atoms with E-state index < -0.39 is 0 Å². The molecule has 7 heteroatoms. The predicted octanol–water partition coefficient (Wildman–Crippen LogP) is 4.63. The summed E-state index contributed by atoms with van der Waals surface area (Å²) in [7, 11) is 1.65. The summed E-state index contributed by atoms with van der Waals surface area (Å²) in [5.41, 5.74) is 4.27. The van der Waals surface area contributed by atoms with Crippen molar-refractivity contribution >= 4 is 5.95 Å². The Balaban J connectivity index is 1.64. The smallest absolute Gasteiger partial charge is 0.223 e. The van der Waals surface area contributed by atoms with Gasteiger partial charge in [0.2, 0.25) is 5.95 Å². The summed E-state index contributed by atoms with van der Waals surface area (Å²) in [6.07, 6.45) is 3.35. The fourth-order valence-corrected chi connectivity index (χ4v) is 2.83. The molecular weight excluding hydrogens is 356 g/mol. The molecule has 3 aromatic heterocycles. The molecule has 0 saturated heterocycles. The van der Waals surface area contributed by atoms with E-state index in [0.29, 0.717) is 29.7 Å². The molecule has 0 saturated carbocycles. The number of methoxy groups -OCH3 is 1. The van der Waals surface area contributed by atoms with Crippen molar-refractivity contribution in [1.29, 1.82) is 0 Å². The maximum Gasteiger partial charge on any atom is 0.223 e. The summed E-state index contributed by atoms with van der Waals surface area (Å²) in [5.74, 6) is 2.60. The standard InChI is InChI=1S/C21H20N4O3/c1-13-14(2)25-28-20(13)17-12-23-21(24-19(17)18-5-4-10-27-18)22-11-15-6-8-16(26-3)9-7-15/h4-10,12H,11H2,1-3H3,(H,22,23,24). The Bertz CT molecular complexity index is 1070. The average molecular weight is 376 g/mol. The van der Waals surface area contributed by atoms with Gasteiger partial charge in [-0.15, -0.1) is 0 Å². The molecule has 142 valence electrons. The number of benzene rings is 1. The third kappa shape index (κ3) is 3.46. The van der Waals surface area contributed by atoms with Crippen LogP contribution in [0.5, 0.6) is 5.75 Å². The molecule has 0 aliphatic rings. The molecule has 0 unspecified atom stereocenters. The zero-order chi connectivity index (χ0) is 19.5. The first kappa shape index (κ1) is 17.8. The number of ether oxygens (including phenoxy) is 1. The fourth-order valence-electron chi connectivity index (χ4n) is 2.83. The third-order valence-corrected chi connectivity index (χ3v) is 4.55. The van der Waals surface area contributed by atoms with E-state index in [2.05, 4.69) is 20.4 Å². The molecule has 28 heavy (non-hydrogen) atoms. The molecule has 3 heterocycles. The second-order valence-electron chi connectivity index (χ2n) is 6.36. The number of aryl methyl sites for hydroxylation is 1. The second kappa shape index (κ2) is 7.56. The van der Waals surface area contributed by atoms with Crippen LogP contribution in [0.15, 0.2) is 57.8 Å². The monoisotopic (exact) mass is 376 g/mol. The van der Waals surface area contributed by atoms with Gasteiger partial charge in [0.15, 0.2) is 11.5 Å². The van der Waals surface area contributed by atoms with Crippen molar-refractivity contribution < 1.29 is 13.7 Å². The van der Waals surface area contributed by atoms with Crippen LogP contribution >= 0.6 is 0 Å². The van der Waals surface area contributed by atoms with E-state index >= 15 is 0 Å². The Morgan fingerprint density at radius 3 is 2.57 bits per heavy atom. The number of hydrogen-bond donors (Lipinski definition) is 1. The number of hydrogen-bond acceptors (Lipinski definition) is 7. The van der Waals surface area contributed by atoms with Gasteiger partial charge in [0, 0.05) is 18.3 Å². The van der Waals surface area contributed by atoms with Gasteiger partial charge >= 0.3 is 0 Å².